The van der Waals surface area contributed by atoms with E-state index >= 15 is 0 Å². The van der Waals surface area contributed by atoms with Crippen molar-refractivity contribution in [2.75, 3.05) is 27.3 Å². The van der Waals surface area contributed by atoms with Gasteiger partial charge in [-0.2, -0.15) is 5.10 Å². The summed E-state index contributed by atoms with van der Waals surface area (Å²) in [5, 5.41) is 7.81. The van der Waals surface area contributed by atoms with Gasteiger partial charge in [0.1, 0.15) is 0 Å². The van der Waals surface area contributed by atoms with Gasteiger partial charge in [0, 0.05) is 38.3 Å². The van der Waals surface area contributed by atoms with Crippen LogP contribution in [0.25, 0.3) is 10.9 Å². The summed E-state index contributed by atoms with van der Waals surface area (Å²) < 4.78 is 4.97. The Morgan fingerprint density at radius 1 is 1.50 bits per heavy atom. The molecule has 1 amide bonds. The highest BCUT2D eigenvalue weighted by Gasteiger charge is 2.12. The zero-order valence-corrected chi connectivity index (χ0v) is 10.6. The number of rotatable bonds is 5. The fraction of sp³-hybridized carbons (Fsp3) is 0.385. The van der Waals surface area contributed by atoms with Gasteiger partial charge >= 0.3 is 0 Å². The van der Waals surface area contributed by atoms with E-state index in [0.717, 1.165) is 17.3 Å². The molecule has 0 bridgehead atoms. The van der Waals surface area contributed by atoms with Crippen LogP contribution >= 0.6 is 0 Å². The average Bonchev–Trinajstić information content (AvgIpc) is 2.85. The number of H-pyrrole nitrogens is 1. The molecule has 5 nitrogen and oxygen atoms in total. The molecule has 0 aliphatic heterocycles. The first-order valence-electron chi connectivity index (χ1n) is 5.90. The first-order chi connectivity index (χ1) is 8.72. The van der Waals surface area contributed by atoms with Crippen molar-refractivity contribution >= 4 is 16.8 Å². The fourth-order valence-corrected chi connectivity index (χ4v) is 1.84. The number of ether oxygens (including phenoxy) is 1. The van der Waals surface area contributed by atoms with Crippen molar-refractivity contribution in [3.63, 3.8) is 0 Å². The second-order valence-corrected chi connectivity index (χ2v) is 4.25. The number of carbonyl (C=O) groups is 1. The van der Waals surface area contributed by atoms with Crippen LogP contribution in [0.4, 0.5) is 0 Å². The highest BCUT2D eigenvalue weighted by atomic mass is 16.5. The largest absolute Gasteiger partial charge is 0.385 e. The Bertz CT molecular complexity index is 536. The third-order valence-corrected chi connectivity index (χ3v) is 2.88. The van der Waals surface area contributed by atoms with E-state index in [0.29, 0.717) is 18.7 Å². The third-order valence-electron chi connectivity index (χ3n) is 2.88. The zero-order valence-electron chi connectivity index (χ0n) is 10.6. The topological polar surface area (TPSA) is 58.2 Å². The van der Waals surface area contributed by atoms with Crippen LogP contribution in [0.15, 0.2) is 24.4 Å². The van der Waals surface area contributed by atoms with Gasteiger partial charge < -0.3 is 9.64 Å². The third kappa shape index (κ3) is 2.68. The molecule has 0 aliphatic rings. The van der Waals surface area contributed by atoms with Crippen LogP contribution in [0.1, 0.15) is 16.8 Å². The normalized spacial score (nSPS) is 10.8. The van der Waals surface area contributed by atoms with Gasteiger partial charge in [-0.05, 0) is 18.6 Å². The van der Waals surface area contributed by atoms with Crippen LogP contribution in [0.2, 0.25) is 0 Å². The molecule has 1 N–H and O–H groups in total. The molecule has 0 saturated carbocycles. The van der Waals surface area contributed by atoms with Gasteiger partial charge in [-0.25, -0.2) is 0 Å². The monoisotopic (exact) mass is 247 g/mol. The number of aromatic amines is 1. The average molecular weight is 247 g/mol. The summed E-state index contributed by atoms with van der Waals surface area (Å²) in [4.78, 5) is 13.9. The van der Waals surface area contributed by atoms with Gasteiger partial charge in [-0.15, -0.1) is 0 Å². The molecule has 0 atom stereocenters. The first-order valence-corrected chi connectivity index (χ1v) is 5.90. The van der Waals surface area contributed by atoms with E-state index in [-0.39, 0.29) is 5.91 Å². The molecule has 96 valence electrons. The van der Waals surface area contributed by atoms with Gasteiger partial charge in [0.25, 0.3) is 5.91 Å². The van der Waals surface area contributed by atoms with Crippen molar-refractivity contribution in [3.05, 3.63) is 30.0 Å². The quantitative estimate of drug-likeness (QED) is 0.818. The van der Waals surface area contributed by atoms with Crippen molar-refractivity contribution in [3.8, 4) is 0 Å². The van der Waals surface area contributed by atoms with Crippen LogP contribution < -0.4 is 0 Å². The lowest BCUT2D eigenvalue weighted by Gasteiger charge is -2.16. The zero-order chi connectivity index (χ0) is 13.0. The highest BCUT2D eigenvalue weighted by molar-refractivity contribution is 5.97. The van der Waals surface area contributed by atoms with Crippen LogP contribution in [0.5, 0.6) is 0 Å². The Morgan fingerprint density at radius 3 is 3.11 bits per heavy atom. The number of hydrogen-bond donors (Lipinski definition) is 1. The van der Waals surface area contributed by atoms with Gasteiger partial charge in [-0.1, -0.05) is 6.07 Å². The summed E-state index contributed by atoms with van der Waals surface area (Å²) in [5.41, 5.74) is 1.55. The standard InChI is InChI=1S/C13H17N3O2/c1-16(6-3-7-18-2)13(17)10-4-5-11-9-14-15-12(11)8-10/h4-5,8-9H,3,6-7H2,1-2H3,(H,14,15). The van der Waals surface area contributed by atoms with E-state index in [1.165, 1.54) is 0 Å². The van der Waals surface area contributed by atoms with Gasteiger partial charge in [0.2, 0.25) is 0 Å². The molecule has 0 spiro atoms. The molecule has 0 radical (unpaired) electrons. The van der Waals surface area contributed by atoms with Crippen molar-refractivity contribution in [2.45, 2.75) is 6.42 Å². The first kappa shape index (κ1) is 12.6. The lowest BCUT2D eigenvalue weighted by molar-refractivity contribution is 0.0779. The number of aromatic nitrogens is 2. The summed E-state index contributed by atoms with van der Waals surface area (Å²) in [5.74, 6) is 0.0163. The summed E-state index contributed by atoms with van der Waals surface area (Å²) >= 11 is 0. The number of carbonyl (C=O) groups excluding carboxylic acids is 1. The minimum atomic E-state index is 0.0163. The van der Waals surface area contributed by atoms with Gasteiger partial charge in [0.05, 0.1) is 11.7 Å². The summed E-state index contributed by atoms with van der Waals surface area (Å²) in [6.07, 6.45) is 2.58. The maximum absolute atomic E-state index is 12.2. The van der Waals surface area contributed by atoms with E-state index in [4.69, 9.17) is 4.74 Å². The molecule has 18 heavy (non-hydrogen) atoms. The molecule has 0 unspecified atom stereocenters. The smallest absolute Gasteiger partial charge is 0.253 e. The molecule has 2 aromatic rings. The van der Waals surface area contributed by atoms with E-state index in [1.807, 2.05) is 18.2 Å². The molecule has 1 aromatic carbocycles. The lowest BCUT2D eigenvalue weighted by atomic mass is 10.1. The van der Waals surface area contributed by atoms with Gasteiger partial charge in [0.15, 0.2) is 0 Å². The molecule has 0 aliphatic carbocycles. The Balaban J connectivity index is 2.07. The number of amides is 1. The number of methoxy groups -OCH3 is 1. The minimum Gasteiger partial charge on any atom is -0.385 e. The molecule has 1 heterocycles. The molecule has 2 rings (SSSR count). The second kappa shape index (κ2) is 5.64. The molecule has 5 heteroatoms. The van der Waals surface area contributed by atoms with E-state index in [9.17, 15) is 4.79 Å². The van der Waals surface area contributed by atoms with Crippen molar-refractivity contribution in [1.82, 2.24) is 15.1 Å². The second-order valence-electron chi connectivity index (χ2n) is 4.25. The van der Waals surface area contributed by atoms with Crippen molar-refractivity contribution in [2.24, 2.45) is 0 Å². The number of hydrogen-bond acceptors (Lipinski definition) is 3. The summed E-state index contributed by atoms with van der Waals surface area (Å²) in [6, 6.07) is 5.56. The van der Waals surface area contributed by atoms with Crippen LogP contribution in [0.3, 0.4) is 0 Å². The van der Waals surface area contributed by atoms with E-state index < -0.39 is 0 Å². The summed E-state index contributed by atoms with van der Waals surface area (Å²) in [6.45, 7) is 1.35. The molecular formula is C13H17N3O2. The molecule has 0 fully saturated rings. The van der Waals surface area contributed by atoms with Crippen LogP contribution in [-0.2, 0) is 4.74 Å². The van der Waals surface area contributed by atoms with Crippen LogP contribution in [0, 0.1) is 0 Å². The minimum absolute atomic E-state index is 0.0163. The maximum atomic E-state index is 12.2. The lowest BCUT2D eigenvalue weighted by Crippen LogP contribution is -2.28. The van der Waals surface area contributed by atoms with E-state index in [2.05, 4.69) is 10.2 Å². The van der Waals surface area contributed by atoms with Crippen molar-refractivity contribution < 1.29 is 9.53 Å². The predicted octanol–water partition coefficient (Wildman–Crippen LogP) is 1.67. The summed E-state index contributed by atoms with van der Waals surface area (Å²) in [7, 11) is 3.46. The van der Waals surface area contributed by atoms with Crippen molar-refractivity contribution in [1.29, 1.82) is 0 Å². The Kier molecular flexibility index (Phi) is 3.94. The predicted molar refractivity (Wildman–Crippen MR) is 69.5 cm³/mol. The molecule has 0 saturated heterocycles. The SMILES string of the molecule is COCCCN(C)C(=O)c1ccc2cn[nH]c2c1. The number of fused-ring (bicyclic) bond motifs is 1. The van der Waals surface area contributed by atoms with E-state index in [1.54, 1.807) is 25.3 Å². The Morgan fingerprint density at radius 2 is 2.33 bits per heavy atom. The fourth-order valence-electron chi connectivity index (χ4n) is 1.84. The Labute approximate surface area is 106 Å². The van der Waals surface area contributed by atoms with Crippen LogP contribution in [-0.4, -0.2) is 48.3 Å². The molecular weight excluding hydrogens is 230 g/mol. The number of nitrogens with one attached hydrogen (secondary N) is 1. The maximum Gasteiger partial charge on any atom is 0.253 e. The number of benzene rings is 1. The Hall–Kier alpha value is -1.88. The number of nitrogens with zero attached hydrogens (tertiary/aromatic N) is 2. The molecule has 1 aromatic heterocycles. The highest BCUT2D eigenvalue weighted by Crippen LogP contribution is 2.14. The van der Waals surface area contributed by atoms with Gasteiger partial charge in [-0.3, -0.25) is 9.89 Å².